The van der Waals surface area contributed by atoms with E-state index < -0.39 is 0 Å². The van der Waals surface area contributed by atoms with Gasteiger partial charge in [0.1, 0.15) is 16.5 Å². The molecular formula is C18H17N5O4S. The molecule has 1 aromatic carbocycles. The number of thiazole rings is 1. The fraction of sp³-hybridized carbons (Fsp3) is 0.333. The number of nitrogens with zero attached hydrogens (tertiary/aromatic N) is 3. The Morgan fingerprint density at radius 1 is 1.29 bits per heavy atom. The predicted octanol–water partition coefficient (Wildman–Crippen LogP) is 1.97. The molecule has 4 heterocycles. The third-order valence-electron chi connectivity index (χ3n) is 4.96. The molecule has 2 aliphatic rings. The van der Waals surface area contributed by atoms with Gasteiger partial charge in [-0.1, -0.05) is 0 Å². The van der Waals surface area contributed by atoms with Crippen LogP contribution in [0.25, 0.3) is 10.6 Å². The number of fused-ring (bicyclic) bond motifs is 1. The Kier molecular flexibility index (Phi) is 4.12. The summed E-state index contributed by atoms with van der Waals surface area (Å²) in [6.07, 6.45) is 1.73. The molecule has 9 nitrogen and oxygen atoms in total. The number of nitrogens with one attached hydrogen (secondary N) is 2. The fourth-order valence-corrected chi connectivity index (χ4v) is 4.35. The topological polar surface area (TPSA) is 113 Å². The van der Waals surface area contributed by atoms with Crippen LogP contribution in [0.1, 0.15) is 35.1 Å². The van der Waals surface area contributed by atoms with Gasteiger partial charge in [0.05, 0.1) is 0 Å². The molecule has 1 unspecified atom stereocenters. The average Bonchev–Trinajstić information content (AvgIpc) is 3.47. The summed E-state index contributed by atoms with van der Waals surface area (Å²) in [5.74, 6) is 1.91. The number of aromatic amines is 2. The number of hydrogen-bond donors (Lipinski definition) is 2. The molecule has 1 amide bonds. The van der Waals surface area contributed by atoms with Crippen molar-refractivity contribution in [1.29, 1.82) is 0 Å². The van der Waals surface area contributed by atoms with Crippen molar-refractivity contribution in [3.8, 4) is 22.1 Å². The highest BCUT2D eigenvalue weighted by molar-refractivity contribution is 7.13. The lowest BCUT2D eigenvalue weighted by Gasteiger charge is -2.31. The lowest BCUT2D eigenvalue weighted by molar-refractivity contribution is 0.0699. The normalized spacial score (nSPS) is 18.4. The first kappa shape index (κ1) is 17.0. The Balaban J connectivity index is 1.34. The van der Waals surface area contributed by atoms with E-state index in [0.717, 1.165) is 23.4 Å². The van der Waals surface area contributed by atoms with E-state index in [1.807, 2.05) is 18.2 Å². The van der Waals surface area contributed by atoms with Gasteiger partial charge in [0.25, 0.3) is 5.91 Å². The molecule has 2 aromatic heterocycles. The average molecular weight is 399 g/mol. The van der Waals surface area contributed by atoms with Crippen LogP contribution in [0.5, 0.6) is 11.5 Å². The van der Waals surface area contributed by atoms with Gasteiger partial charge in [-0.25, -0.2) is 14.9 Å². The van der Waals surface area contributed by atoms with Gasteiger partial charge in [0.2, 0.25) is 6.79 Å². The van der Waals surface area contributed by atoms with Crippen molar-refractivity contribution < 1.29 is 14.3 Å². The Morgan fingerprint density at radius 3 is 3.04 bits per heavy atom. The van der Waals surface area contributed by atoms with Crippen LogP contribution in [0.2, 0.25) is 0 Å². The Morgan fingerprint density at radius 2 is 2.18 bits per heavy atom. The summed E-state index contributed by atoms with van der Waals surface area (Å²) in [5, 5.41) is 8.93. The second-order valence-electron chi connectivity index (χ2n) is 6.76. The van der Waals surface area contributed by atoms with Gasteiger partial charge in [0.15, 0.2) is 11.5 Å². The van der Waals surface area contributed by atoms with E-state index in [4.69, 9.17) is 9.47 Å². The molecule has 0 spiro atoms. The number of carbonyl (C=O) groups is 1. The summed E-state index contributed by atoms with van der Waals surface area (Å²) in [7, 11) is 0. The monoisotopic (exact) mass is 399 g/mol. The van der Waals surface area contributed by atoms with Crippen molar-refractivity contribution in [3.63, 3.8) is 0 Å². The molecule has 3 aromatic rings. The molecule has 1 atom stereocenters. The summed E-state index contributed by atoms with van der Waals surface area (Å²) >= 11 is 1.42. The first-order valence-electron chi connectivity index (χ1n) is 8.97. The zero-order valence-corrected chi connectivity index (χ0v) is 15.6. The molecule has 1 fully saturated rings. The van der Waals surface area contributed by atoms with Crippen molar-refractivity contribution >= 4 is 17.2 Å². The van der Waals surface area contributed by atoms with Crippen LogP contribution in [-0.4, -0.2) is 50.9 Å². The van der Waals surface area contributed by atoms with Crippen molar-refractivity contribution in [2.24, 2.45) is 0 Å². The van der Waals surface area contributed by atoms with Crippen LogP contribution in [0, 0.1) is 0 Å². The standard InChI is InChI=1S/C18H17N5O4S/c24-17(23-5-1-2-11(7-23)15-20-18(25)22-21-15)12-8-28-16(19-12)10-3-4-13-14(6-10)27-9-26-13/h3-4,6,8,11H,1-2,5,7,9H2,(H2,20,21,22,25). The van der Waals surface area contributed by atoms with Crippen LogP contribution in [-0.2, 0) is 0 Å². The highest BCUT2D eigenvalue weighted by atomic mass is 32.1. The largest absolute Gasteiger partial charge is 0.454 e. The van der Waals surface area contributed by atoms with Gasteiger partial charge in [-0.15, -0.1) is 11.3 Å². The SMILES string of the molecule is O=C(c1csc(-c2ccc3c(c2)OCO3)n1)N1CCCC(c2n[nH]c(=O)[nH]2)C1. The highest BCUT2D eigenvalue weighted by Gasteiger charge is 2.28. The summed E-state index contributed by atoms with van der Waals surface area (Å²) in [5.41, 5.74) is 0.985. The van der Waals surface area contributed by atoms with Crippen molar-refractivity contribution in [1.82, 2.24) is 25.1 Å². The third-order valence-corrected chi connectivity index (χ3v) is 5.85. The molecule has 28 heavy (non-hydrogen) atoms. The molecule has 5 rings (SSSR count). The van der Waals surface area contributed by atoms with Gasteiger partial charge in [-0.05, 0) is 31.0 Å². The summed E-state index contributed by atoms with van der Waals surface area (Å²) in [4.78, 5) is 33.2. The number of H-pyrrole nitrogens is 2. The van der Waals surface area contributed by atoms with Crippen LogP contribution >= 0.6 is 11.3 Å². The van der Waals surface area contributed by atoms with Gasteiger partial charge in [-0.2, -0.15) is 5.10 Å². The van der Waals surface area contributed by atoms with E-state index in [1.54, 1.807) is 10.3 Å². The second kappa shape index (κ2) is 6.79. The fourth-order valence-electron chi connectivity index (χ4n) is 3.56. The van der Waals surface area contributed by atoms with Gasteiger partial charge >= 0.3 is 5.69 Å². The molecule has 10 heteroatoms. The van der Waals surface area contributed by atoms with E-state index >= 15 is 0 Å². The van der Waals surface area contributed by atoms with E-state index in [2.05, 4.69) is 20.2 Å². The number of amides is 1. The van der Waals surface area contributed by atoms with Crippen LogP contribution in [0.4, 0.5) is 0 Å². The van der Waals surface area contributed by atoms with Gasteiger partial charge in [-0.3, -0.25) is 9.78 Å². The third kappa shape index (κ3) is 3.05. The van der Waals surface area contributed by atoms with E-state index in [-0.39, 0.29) is 24.3 Å². The lowest BCUT2D eigenvalue weighted by atomic mass is 9.97. The number of rotatable bonds is 3. The maximum Gasteiger partial charge on any atom is 0.340 e. The van der Waals surface area contributed by atoms with Crippen LogP contribution in [0.15, 0.2) is 28.4 Å². The number of hydrogen-bond acceptors (Lipinski definition) is 7. The highest BCUT2D eigenvalue weighted by Crippen LogP contribution is 2.37. The number of aromatic nitrogens is 4. The van der Waals surface area contributed by atoms with E-state index in [0.29, 0.717) is 36.1 Å². The summed E-state index contributed by atoms with van der Waals surface area (Å²) in [6, 6.07) is 5.63. The molecule has 2 aliphatic heterocycles. The predicted molar refractivity (Wildman–Crippen MR) is 101 cm³/mol. The molecule has 1 saturated heterocycles. The lowest BCUT2D eigenvalue weighted by Crippen LogP contribution is -2.39. The van der Waals surface area contributed by atoms with Crippen molar-refractivity contribution in [2.75, 3.05) is 19.9 Å². The number of ether oxygens (including phenoxy) is 2. The van der Waals surface area contributed by atoms with Crippen molar-refractivity contribution in [2.45, 2.75) is 18.8 Å². The van der Waals surface area contributed by atoms with E-state index in [1.165, 1.54) is 11.3 Å². The number of carbonyl (C=O) groups excluding carboxylic acids is 1. The smallest absolute Gasteiger partial charge is 0.340 e. The summed E-state index contributed by atoms with van der Waals surface area (Å²) in [6.45, 7) is 1.40. The van der Waals surface area contributed by atoms with Crippen molar-refractivity contribution in [3.05, 3.63) is 45.6 Å². The maximum atomic E-state index is 12.9. The minimum Gasteiger partial charge on any atom is -0.454 e. The minimum absolute atomic E-state index is 0.0172. The number of likely N-dealkylation sites (tertiary alicyclic amines) is 1. The maximum absolute atomic E-state index is 12.9. The Bertz CT molecular complexity index is 1090. The van der Waals surface area contributed by atoms with E-state index in [9.17, 15) is 9.59 Å². The zero-order valence-electron chi connectivity index (χ0n) is 14.8. The first-order chi connectivity index (χ1) is 13.7. The quantitative estimate of drug-likeness (QED) is 0.696. The Hall–Kier alpha value is -3.14. The first-order valence-corrected chi connectivity index (χ1v) is 9.85. The number of piperidine rings is 1. The molecule has 0 bridgehead atoms. The summed E-state index contributed by atoms with van der Waals surface area (Å²) < 4.78 is 10.7. The van der Waals surface area contributed by atoms with Crippen LogP contribution < -0.4 is 15.2 Å². The molecule has 0 aliphatic carbocycles. The minimum atomic E-state index is -0.327. The molecule has 0 saturated carbocycles. The molecule has 0 radical (unpaired) electrons. The van der Waals surface area contributed by atoms with Gasteiger partial charge in [0, 0.05) is 30.0 Å². The van der Waals surface area contributed by atoms with Gasteiger partial charge < -0.3 is 14.4 Å². The molecule has 2 N–H and O–H groups in total. The Labute approximate surface area is 163 Å². The number of benzene rings is 1. The van der Waals surface area contributed by atoms with Crippen LogP contribution in [0.3, 0.4) is 0 Å². The second-order valence-corrected chi connectivity index (χ2v) is 7.62. The molecule has 144 valence electrons. The zero-order chi connectivity index (χ0) is 19.1. The molecular weight excluding hydrogens is 382 g/mol.